The van der Waals surface area contributed by atoms with Crippen molar-refractivity contribution in [3.05, 3.63) is 56.6 Å². The van der Waals surface area contributed by atoms with E-state index in [1.54, 1.807) is 24.3 Å². The Morgan fingerprint density at radius 3 is 2.12 bits per heavy atom. The molecular weight excluding hydrogens is 403 g/mol. The van der Waals surface area contributed by atoms with Crippen LogP contribution in [-0.4, -0.2) is 41.5 Å². The van der Waals surface area contributed by atoms with Crippen molar-refractivity contribution >= 4 is 60.1 Å². The molecule has 0 N–H and O–H groups in total. The Morgan fingerprint density at radius 2 is 1.46 bits per heavy atom. The number of benzene rings is 2. The van der Waals surface area contributed by atoms with Crippen LogP contribution in [0.2, 0.25) is 0 Å². The van der Waals surface area contributed by atoms with Crippen LogP contribution in [0.25, 0.3) is 22.1 Å². The maximum absolute atomic E-state index is 10.5. The Bertz CT molecular complexity index is 964. The normalized spacial score (nSPS) is 10.3. The van der Waals surface area contributed by atoms with E-state index < -0.39 is 9.85 Å². The molecule has 0 fully saturated rings. The molecule has 0 unspecified atom stereocenters. The molecule has 12 heteroatoms. The molecule has 4 rings (SSSR count). The van der Waals surface area contributed by atoms with Crippen molar-refractivity contribution in [3.8, 4) is 0 Å². The van der Waals surface area contributed by atoms with Gasteiger partial charge in [-0.3, -0.25) is 10.1 Å². The van der Waals surface area contributed by atoms with E-state index in [2.05, 4.69) is 16.7 Å². The molecule has 2 heterocycles. The van der Waals surface area contributed by atoms with Crippen LogP contribution in [0.15, 0.2) is 36.4 Å². The van der Waals surface area contributed by atoms with Gasteiger partial charge in [-0.05, 0) is 6.07 Å². The average Bonchev–Trinajstić information content (AvgIpc) is 3.23. The van der Waals surface area contributed by atoms with Gasteiger partial charge in [0.15, 0.2) is 5.52 Å². The Hall–Kier alpha value is -2.82. The molecule has 0 aliphatic rings. The molecule has 0 aliphatic carbocycles. The minimum atomic E-state index is -0.455. The Balaban J connectivity index is 0.000000141. The van der Waals surface area contributed by atoms with E-state index >= 15 is 0 Å². The third kappa shape index (κ3) is 3.11. The van der Waals surface area contributed by atoms with E-state index in [1.807, 2.05) is 0 Å². The molecule has 0 amide bonds. The first-order valence-corrected chi connectivity index (χ1v) is 8.55. The van der Waals surface area contributed by atoms with E-state index in [4.69, 9.17) is 0 Å². The van der Waals surface area contributed by atoms with Gasteiger partial charge in [0.25, 0.3) is 5.69 Å². The summed E-state index contributed by atoms with van der Waals surface area (Å²) in [5.74, 6) is 0. The van der Waals surface area contributed by atoms with Gasteiger partial charge in [-0.2, -0.15) is 8.75 Å². The molecule has 120 valence electrons. The molecule has 2 aromatic carbocycles. The van der Waals surface area contributed by atoms with Crippen molar-refractivity contribution in [2.75, 3.05) is 0 Å². The number of non-ortho nitro benzene ring substituents is 2. The fourth-order valence-electron chi connectivity index (χ4n) is 1.88. The first-order valence-electron chi connectivity index (χ1n) is 6.29. The fourth-order valence-corrected chi connectivity index (χ4v) is 3.57. The smallest absolute Gasteiger partial charge is 0.258 e. The first kappa shape index (κ1) is 16.1. The SMILES string of the molecule is O=[N+]([O-])c1cccc2n[se]nc12.O=[N+]([O-])c1cccc2nsnc12. The molecule has 0 aliphatic heterocycles. The zero-order chi connectivity index (χ0) is 17.1. The van der Waals surface area contributed by atoms with Gasteiger partial charge in [0.05, 0.1) is 16.7 Å². The minimum Gasteiger partial charge on any atom is -0.258 e. The summed E-state index contributed by atoms with van der Waals surface area (Å²) >= 11 is 0.780. The molecule has 0 atom stereocenters. The Kier molecular flexibility index (Phi) is 4.51. The number of nitro groups is 2. The van der Waals surface area contributed by atoms with E-state index in [0.29, 0.717) is 22.1 Å². The average molecular weight is 409 g/mol. The Labute approximate surface area is 143 Å². The third-order valence-corrected chi connectivity index (χ3v) is 4.60. The van der Waals surface area contributed by atoms with E-state index in [0.717, 1.165) is 11.7 Å². The summed E-state index contributed by atoms with van der Waals surface area (Å²) in [6.45, 7) is 0. The van der Waals surface area contributed by atoms with Crippen molar-refractivity contribution in [1.29, 1.82) is 0 Å². The quantitative estimate of drug-likeness (QED) is 0.279. The predicted molar refractivity (Wildman–Crippen MR) is 87.2 cm³/mol. The molecule has 24 heavy (non-hydrogen) atoms. The van der Waals surface area contributed by atoms with E-state index in [1.165, 1.54) is 12.1 Å². The van der Waals surface area contributed by atoms with Gasteiger partial charge in [-0.25, -0.2) is 0 Å². The zero-order valence-electron chi connectivity index (χ0n) is 11.6. The molecule has 0 bridgehead atoms. The second kappa shape index (κ2) is 6.74. The van der Waals surface area contributed by atoms with Gasteiger partial charge in [0.1, 0.15) is 5.52 Å². The summed E-state index contributed by atoms with van der Waals surface area (Å²) in [5, 5.41) is 20.9. The molecule has 10 nitrogen and oxygen atoms in total. The van der Waals surface area contributed by atoms with Crippen molar-refractivity contribution in [3.63, 3.8) is 0 Å². The van der Waals surface area contributed by atoms with Crippen molar-refractivity contribution in [2.24, 2.45) is 0 Å². The van der Waals surface area contributed by atoms with Crippen LogP contribution in [0.5, 0.6) is 0 Å². The summed E-state index contributed by atoms with van der Waals surface area (Å²) < 4.78 is 15.7. The topological polar surface area (TPSA) is 138 Å². The zero-order valence-corrected chi connectivity index (χ0v) is 14.1. The summed E-state index contributed by atoms with van der Waals surface area (Å²) in [4.78, 5) is 20.0. The van der Waals surface area contributed by atoms with E-state index in [9.17, 15) is 20.2 Å². The number of nitrogens with zero attached hydrogens (tertiary/aromatic N) is 6. The molecule has 0 saturated carbocycles. The molecule has 2 aromatic heterocycles. The molecule has 4 aromatic rings. The number of hydrogen-bond acceptors (Lipinski definition) is 9. The Morgan fingerprint density at radius 1 is 0.833 bits per heavy atom. The summed E-state index contributed by atoms with van der Waals surface area (Å²) in [6.07, 6.45) is 0. The molecule has 0 spiro atoms. The second-order valence-electron chi connectivity index (χ2n) is 4.33. The van der Waals surface area contributed by atoms with Crippen LogP contribution in [0.3, 0.4) is 0 Å². The van der Waals surface area contributed by atoms with Gasteiger partial charge >= 0.3 is 72.9 Å². The molecule has 0 saturated heterocycles. The van der Waals surface area contributed by atoms with Crippen LogP contribution in [0, 0.1) is 20.2 Å². The van der Waals surface area contributed by atoms with Crippen molar-refractivity contribution in [2.45, 2.75) is 0 Å². The van der Waals surface area contributed by atoms with Crippen LogP contribution < -0.4 is 0 Å². The largest absolute Gasteiger partial charge is 0.298 e. The fraction of sp³-hybridized carbons (Fsp3) is 0. The number of rotatable bonds is 2. The third-order valence-electron chi connectivity index (χ3n) is 2.92. The number of hydrogen-bond donors (Lipinski definition) is 0. The number of nitro benzene ring substituents is 2. The first-order chi connectivity index (χ1) is 11.6. The van der Waals surface area contributed by atoms with Gasteiger partial charge in [-0.15, -0.1) is 0 Å². The summed E-state index contributed by atoms with van der Waals surface area (Å²) in [5.41, 5.74) is 2.09. The maximum atomic E-state index is 10.5. The van der Waals surface area contributed by atoms with E-state index in [-0.39, 0.29) is 26.3 Å². The number of fused-ring (bicyclic) bond motifs is 2. The van der Waals surface area contributed by atoms with Gasteiger partial charge in [0, 0.05) is 6.07 Å². The standard InChI is InChI=1S/C6H3N3O2S.C6H3N3O2Se/c2*10-9(11)5-3-1-2-4-6(5)8-12-7-4/h2*1-3H. The van der Waals surface area contributed by atoms with Crippen molar-refractivity contribution in [1.82, 2.24) is 16.7 Å². The van der Waals surface area contributed by atoms with Gasteiger partial charge < -0.3 is 0 Å². The predicted octanol–water partition coefficient (Wildman–Crippen LogP) is 2.19. The van der Waals surface area contributed by atoms with Gasteiger partial charge in [0.2, 0.25) is 0 Å². The van der Waals surface area contributed by atoms with Gasteiger partial charge in [-0.1, -0.05) is 6.07 Å². The number of aromatic nitrogens is 4. The molecular formula is C12H6N6O4SSe. The van der Waals surface area contributed by atoms with Crippen LogP contribution in [0.4, 0.5) is 11.4 Å². The maximum Gasteiger partial charge on any atom is 0.298 e. The van der Waals surface area contributed by atoms with Crippen LogP contribution >= 0.6 is 11.7 Å². The monoisotopic (exact) mass is 410 g/mol. The van der Waals surface area contributed by atoms with Crippen molar-refractivity contribution < 1.29 is 9.85 Å². The molecule has 0 radical (unpaired) electrons. The summed E-state index contributed by atoms with van der Waals surface area (Å²) in [7, 11) is 0. The minimum absolute atomic E-state index is 0.0150. The second-order valence-corrected chi connectivity index (χ2v) is 5.97. The van der Waals surface area contributed by atoms with Crippen LogP contribution in [0.1, 0.15) is 0 Å². The summed E-state index contributed by atoms with van der Waals surface area (Å²) in [6, 6.07) is 9.52. The van der Waals surface area contributed by atoms with Crippen LogP contribution in [-0.2, 0) is 0 Å².